The van der Waals surface area contributed by atoms with Crippen LogP contribution in [0.1, 0.15) is 17.3 Å². The number of aromatic carboxylic acids is 1. The average Bonchev–Trinajstić information content (AvgIpc) is 2.53. The number of fused-ring (bicyclic) bond motifs is 1. The number of hydrogen-bond donors (Lipinski definition) is 2. The van der Waals surface area contributed by atoms with Gasteiger partial charge in [0.2, 0.25) is 5.91 Å². The van der Waals surface area contributed by atoms with Crippen molar-refractivity contribution in [1.29, 1.82) is 0 Å². The van der Waals surface area contributed by atoms with E-state index in [1.165, 1.54) is 24.5 Å². The van der Waals surface area contributed by atoms with Gasteiger partial charge in [-0.05, 0) is 6.07 Å². The minimum Gasteiger partial charge on any atom is -0.478 e. The third-order valence-corrected chi connectivity index (χ3v) is 3.05. The van der Waals surface area contributed by atoms with Crippen LogP contribution in [0.25, 0.3) is 10.1 Å². The fourth-order valence-electron chi connectivity index (χ4n) is 1.41. The van der Waals surface area contributed by atoms with Gasteiger partial charge in [-0.2, -0.15) is 0 Å². The first kappa shape index (κ1) is 10.6. The summed E-state index contributed by atoms with van der Waals surface area (Å²) in [6, 6.07) is 1.63. The minimum absolute atomic E-state index is 0.123. The Morgan fingerprint density at radius 2 is 2.25 bits per heavy atom. The Bertz CT molecular complexity index is 576. The quantitative estimate of drug-likeness (QED) is 0.835. The molecule has 2 aromatic heterocycles. The van der Waals surface area contributed by atoms with Crippen molar-refractivity contribution >= 4 is 38.3 Å². The van der Waals surface area contributed by atoms with Crippen LogP contribution in [-0.4, -0.2) is 22.0 Å². The fraction of sp³-hybridized carbons (Fsp3) is 0.100. The Balaban J connectivity index is 2.68. The molecule has 0 aromatic carbocycles. The zero-order valence-corrected chi connectivity index (χ0v) is 9.17. The summed E-state index contributed by atoms with van der Waals surface area (Å²) in [5, 5.41) is 12.6. The van der Waals surface area contributed by atoms with E-state index in [0.717, 1.165) is 4.70 Å². The summed E-state index contributed by atoms with van der Waals surface area (Å²) in [6.07, 6.45) is 3.11. The van der Waals surface area contributed by atoms with E-state index in [2.05, 4.69) is 10.3 Å². The first-order valence-corrected chi connectivity index (χ1v) is 5.28. The molecule has 82 valence electrons. The van der Waals surface area contributed by atoms with Crippen molar-refractivity contribution < 1.29 is 14.7 Å². The van der Waals surface area contributed by atoms with Gasteiger partial charge in [-0.25, -0.2) is 4.79 Å². The van der Waals surface area contributed by atoms with E-state index >= 15 is 0 Å². The van der Waals surface area contributed by atoms with Crippen molar-refractivity contribution in [3.63, 3.8) is 0 Å². The normalized spacial score (nSPS) is 10.3. The Hall–Kier alpha value is -1.95. The van der Waals surface area contributed by atoms with Gasteiger partial charge in [0.05, 0.1) is 4.70 Å². The van der Waals surface area contributed by atoms with Crippen LogP contribution in [0.15, 0.2) is 18.5 Å². The summed E-state index contributed by atoms with van der Waals surface area (Å²) in [5.41, 5.74) is 0.123. The molecule has 0 bridgehead atoms. The molecule has 0 fully saturated rings. The molecule has 1 amide bonds. The maximum Gasteiger partial charge on any atom is 0.339 e. The van der Waals surface area contributed by atoms with E-state index < -0.39 is 5.97 Å². The maximum atomic E-state index is 11.1. The van der Waals surface area contributed by atoms with E-state index in [4.69, 9.17) is 5.11 Å². The van der Waals surface area contributed by atoms with Crippen molar-refractivity contribution in [3.8, 4) is 0 Å². The summed E-state index contributed by atoms with van der Waals surface area (Å²) >= 11 is 1.21. The lowest BCUT2D eigenvalue weighted by Gasteiger charge is -1.99. The molecule has 2 heterocycles. The lowest BCUT2D eigenvalue weighted by atomic mass is 10.2. The molecular formula is C10H8N2O3S. The second kappa shape index (κ2) is 3.90. The smallest absolute Gasteiger partial charge is 0.339 e. The Morgan fingerprint density at radius 1 is 1.50 bits per heavy atom. The zero-order chi connectivity index (χ0) is 11.7. The first-order valence-electron chi connectivity index (χ1n) is 4.47. The van der Waals surface area contributed by atoms with E-state index in [0.29, 0.717) is 10.4 Å². The van der Waals surface area contributed by atoms with Crippen molar-refractivity contribution in [2.45, 2.75) is 6.92 Å². The Morgan fingerprint density at radius 3 is 2.88 bits per heavy atom. The highest BCUT2D eigenvalue weighted by Gasteiger charge is 2.18. The third kappa shape index (κ3) is 1.74. The largest absolute Gasteiger partial charge is 0.478 e. The Kier molecular flexibility index (Phi) is 2.57. The SMILES string of the molecule is CC(=O)Nc1sc2cnccc2c1C(=O)O. The molecule has 0 spiro atoms. The number of carboxylic acids is 1. The lowest BCUT2D eigenvalue weighted by molar-refractivity contribution is -0.114. The first-order chi connectivity index (χ1) is 7.59. The second-order valence-corrected chi connectivity index (χ2v) is 4.22. The van der Waals surface area contributed by atoms with Gasteiger partial charge < -0.3 is 10.4 Å². The van der Waals surface area contributed by atoms with Gasteiger partial charge in [0.15, 0.2) is 0 Å². The van der Waals surface area contributed by atoms with Crippen LogP contribution < -0.4 is 5.32 Å². The number of nitrogens with zero attached hydrogens (tertiary/aromatic N) is 1. The molecule has 6 heteroatoms. The van der Waals surface area contributed by atoms with Crippen molar-refractivity contribution in [2.75, 3.05) is 5.32 Å². The number of pyridine rings is 1. The summed E-state index contributed by atoms with van der Waals surface area (Å²) in [4.78, 5) is 26.0. The molecule has 0 unspecified atom stereocenters. The summed E-state index contributed by atoms with van der Waals surface area (Å²) in [6.45, 7) is 1.34. The molecule has 5 nitrogen and oxygen atoms in total. The highest BCUT2D eigenvalue weighted by Crippen LogP contribution is 2.34. The van der Waals surface area contributed by atoms with E-state index in [1.54, 1.807) is 12.3 Å². The van der Waals surface area contributed by atoms with Crippen LogP contribution in [0.4, 0.5) is 5.00 Å². The molecule has 0 saturated heterocycles. The van der Waals surface area contributed by atoms with E-state index in [-0.39, 0.29) is 11.5 Å². The highest BCUT2D eigenvalue weighted by atomic mass is 32.1. The number of carboxylic acid groups (broad SMARTS) is 1. The van der Waals surface area contributed by atoms with Gasteiger partial charge in [0, 0.05) is 24.7 Å². The topological polar surface area (TPSA) is 79.3 Å². The summed E-state index contributed by atoms with van der Waals surface area (Å²) in [5.74, 6) is -1.34. The van der Waals surface area contributed by atoms with Crippen LogP contribution in [0.2, 0.25) is 0 Å². The number of amides is 1. The van der Waals surface area contributed by atoms with Gasteiger partial charge in [-0.1, -0.05) is 0 Å². The van der Waals surface area contributed by atoms with Crippen LogP contribution in [0.3, 0.4) is 0 Å². The fourth-order valence-corrected chi connectivity index (χ4v) is 2.52. The number of anilines is 1. The van der Waals surface area contributed by atoms with Crippen LogP contribution >= 0.6 is 11.3 Å². The lowest BCUT2D eigenvalue weighted by Crippen LogP contribution is -2.08. The number of nitrogens with one attached hydrogen (secondary N) is 1. The number of hydrogen-bond acceptors (Lipinski definition) is 4. The molecular weight excluding hydrogens is 228 g/mol. The standard InChI is InChI=1S/C10H8N2O3S/c1-5(13)12-9-8(10(14)15)6-2-3-11-4-7(6)16-9/h2-4H,1H3,(H,12,13)(H,14,15). The van der Waals surface area contributed by atoms with E-state index in [1.807, 2.05) is 0 Å². The molecule has 16 heavy (non-hydrogen) atoms. The van der Waals surface area contributed by atoms with Crippen LogP contribution in [-0.2, 0) is 4.79 Å². The average molecular weight is 236 g/mol. The van der Waals surface area contributed by atoms with Crippen LogP contribution in [0.5, 0.6) is 0 Å². The van der Waals surface area contributed by atoms with Gasteiger partial charge in [-0.15, -0.1) is 11.3 Å². The second-order valence-electron chi connectivity index (χ2n) is 3.16. The number of rotatable bonds is 2. The predicted molar refractivity (Wildman–Crippen MR) is 60.9 cm³/mol. The monoisotopic (exact) mass is 236 g/mol. The molecule has 0 atom stereocenters. The molecule has 0 radical (unpaired) electrons. The summed E-state index contributed by atoms with van der Waals surface area (Å²) < 4.78 is 0.739. The summed E-state index contributed by atoms with van der Waals surface area (Å²) in [7, 11) is 0. The number of aromatic nitrogens is 1. The van der Waals surface area contributed by atoms with E-state index in [9.17, 15) is 9.59 Å². The molecule has 0 saturated carbocycles. The Labute approximate surface area is 94.7 Å². The van der Waals surface area contributed by atoms with Gasteiger partial charge in [0.25, 0.3) is 0 Å². The maximum absolute atomic E-state index is 11.1. The zero-order valence-electron chi connectivity index (χ0n) is 8.35. The molecule has 2 rings (SSSR count). The van der Waals surface area contributed by atoms with Crippen molar-refractivity contribution in [1.82, 2.24) is 4.98 Å². The van der Waals surface area contributed by atoms with Crippen molar-refractivity contribution in [2.24, 2.45) is 0 Å². The number of carbonyl (C=O) groups excluding carboxylic acids is 1. The molecule has 2 aromatic rings. The van der Waals surface area contributed by atoms with Crippen molar-refractivity contribution in [3.05, 3.63) is 24.0 Å². The molecule has 2 N–H and O–H groups in total. The van der Waals surface area contributed by atoms with Crippen LogP contribution in [0, 0.1) is 0 Å². The molecule has 0 aliphatic carbocycles. The molecule has 0 aliphatic heterocycles. The minimum atomic E-state index is -1.05. The van der Waals surface area contributed by atoms with Gasteiger partial charge in [-0.3, -0.25) is 9.78 Å². The number of carbonyl (C=O) groups is 2. The van der Waals surface area contributed by atoms with Gasteiger partial charge >= 0.3 is 5.97 Å². The predicted octanol–water partition coefficient (Wildman–Crippen LogP) is 1.95. The molecule has 0 aliphatic rings. The highest BCUT2D eigenvalue weighted by molar-refractivity contribution is 7.23. The number of thiophene rings is 1. The van der Waals surface area contributed by atoms with Gasteiger partial charge in [0.1, 0.15) is 10.6 Å². The third-order valence-electron chi connectivity index (χ3n) is 2.00.